The molecule has 0 radical (unpaired) electrons. The Morgan fingerprint density at radius 2 is 1.88 bits per heavy atom. The van der Waals surface area contributed by atoms with Crippen molar-refractivity contribution < 1.29 is 13.2 Å². The van der Waals surface area contributed by atoms with Crippen LogP contribution in [-0.4, -0.2) is 25.2 Å². The molecule has 0 saturated carbocycles. The number of rotatable bonds is 2. The summed E-state index contributed by atoms with van der Waals surface area (Å²) in [5.41, 5.74) is 3.81. The monoisotopic (exact) mass is 342 g/mol. The molecule has 2 aliphatic heterocycles. The van der Waals surface area contributed by atoms with Gasteiger partial charge in [-0.1, -0.05) is 29.8 Å². The third kappa shape index (κ3) is 2.34. The maximum atomic E-state index is 13.1. The Kier molecular flexibility index (Phi) is 3.47. The molecule has 0 spiro atoms. The van der Waals surface area contributed by atoms with Crippen LogP contribution in [0.1, 0.15) is 29.2 Å². The van der Waals surface area contributed by atoms with Crippen LogP contribution in [0, 0.1) is 6.92 Å². The third-order valence-corrected chi connectivity index (χ3v) is 6.68. The van der Waals surface area contributed by atoms with Gasteiger partial charge in [-0.2, -0.15) is 4.31 Å². The second-order valence-electron chi connectivity index (χ2n) is 6.33. The van der Waals surface area contributed by atoms with E-state index in [9.17, 15) is 13.2 Å². The number of aryl methyl sites for hydroxylation is 1. The van der Waals surface area contributed by atoms with Gasteiger partial charge in [-0.25, -0.2) is 8.42 Å². The van der Waals surface area contributed by atoms with E-state index in [2.05, 4.69) is 5.32 Å². The number of carbonyl (C=O) groups excluding carboxylic acids is 1. The van der Waals surface area contributed by atoms with Crippen molar-refractivity contribution in [1.82, 2.24) is 4.31 Å². The molecular formula is C18H18N2O3S. The van der Waals surface area contributed by atoms with Crippen LogP contribution in [0.5, 0.6) is 0 Å². The first-order valence-electron chi connectivity index (χ1n) is 7.97. The minimum Gasteiger partial charge on any atom is -0.326 e. The summed E-state index contributed by atoms with van der Waals surface area (Å²) in [7, 11) is -3.64. The number of carbonyl (C=O) groups is 1. The molecule has 24 heavy (non-hydrogen) atoms. The van der Waals surface area contributed by atoms with Gasteiger partial charge in [0, 0.05) is 18.7 Å². The molecule has 1 atom stereocenters. The molecule has 1 N–H and O–H groups in total. The summed E-state index contributed by atoms with van der Waals surface area (Å²) < 4.78 is 27.7. The van der Waals surface area contributed by atoms with Crippen LogP contribution in [-0.2, 0) is 21.2 Å². The molecule has 1 unspecified atom stereocenters. The molecule has 1 amide bonds. The van der Waals surface area contributed by atoms with Crippen LogP contribution < -0.4 is 5.32 Å². The zero-order chi connectivity index (χ0) is 16.9. The molecule has 2 aliphatic rings. The second-order valence-corrected chi connectivity index (χ2v) is 8.22. The molecular weight excluding hydrogens is 324 g/mol. The van der Waals surface area contributed by atoms with E-state index in [1.54, 1.807) is 24.3 Å². The van der Waals surface area contributed by atoms with Gasteiger partial charge in [0.25, 0.3) is 0 Å². The molecule has 124 valence electrons. The van der Waals surface area contributed by atoms with E-state index in [-0.39, 0.29) is 17.2 Å². The van der Waals surface area contributed by atoms with Crippen molar-refractivity contribution in [1.29, 1.82) is 0 Å². The van der Waals surface area contributed by atoms with Crippen molar-refractivity contribution in [3.63, 3.8) is 0 Å². The fourth-order valence-corrected chi connectivity index (χ4v) is 5.18. The summed E-state index contributed by atoms with van der Waals surface area (Å²) in [6, 6.07) is 12.2. The van der Waals surface area contributed by atoms with Crippen LogP contribution in [0.3, 0.4) is 0 Å². The highest BCUT2D eigenvalue weighted by molar-refractivity contribution is 7.89. The van der Waals surface area contributed by atoms with E-state index in [4.69, 9.17) is 0 Å². The SMILES string of the molecule is Cc1ccc(S(=O)(=O)N2CCc3cccc4c3C2CC(=O)N4)cc1. The number of hydrogen-bond acceptors (Lipinski definition) is 3. The van der Waals surface area contributed by atoms with Crippen LogP contribution in [0.2, 0.25) is 0 Å². The molecule has 2 aromatic carbocycles. The summed E-state index contributed by atoms with van der Waals surface area (Å²) in [6.45, 7) is 2.32. The summed E-state index contributed by atoms with van der Waals surface area (Å²) in [5.74, 6) is -0.143. The van der Waals surface area contributed by atoms with Gasteiger partial charge < -0.3 is 5.32 Å². The molecule has 2 aromatic rings. The molecule has 0 fully saturated rings. The van der Waals surface area contributed by atoms with Crippen molar-refractivity contribution in [3.05, 3.63) is 59.2 Å². The number of sulfonamides is 1. The average Bonchev–Trinajstić information content (AvgIpc) is 2.55. The van der Waals surface area contributed by atoms with Crippen molar-refractivity contribution in [3.8, 4) is 0 Å². The molecule has 0 bridgehead atoms. The minimum atomic E-state index is -3.64. The molecule has 0 aliphatic carbocycles. The minimum absolute atomic E-state index is 0.143. The lowest BCUT2D eigenvalue weighted by Crippen LogP contribution is -2.43. The van der Waals surface area contributed by atoms with E-state index in [0.717, 1.165) is 22.4 Å². The lowest BCUT2D eigenvalue weighted by Gasteiger charge is -2.39. The first-order chi connectivity index (χ1) is 11.5. The zero-order valence-electron chi connectivity index (χ0n) is 13.3. The Balaban J connectivity index is 1.81. The van der Waals surface area contributed by atoms with Crippen LogP contribution in [0.15, 0.2) is 47.4 Å². The van der Waals surface area contributed by atoms with Crippen LogP contribution >= 0.6 is 0 Å². The zero-order valence-corrected chi connectivity index (χ0v) is 14.1. The normalized spacial score (nSPS) is 20.4. The van der Waals surface area contributed by atoms with E-state index in [0.29, 0.717) is 13.0 Å². The second kappa shape index (κ2) is 5.43. The number of amides is 1. The van der Waals surface area contributed by atoms with Gasteiger partial charge >= 0.3 is 0 Å². The van der Waals surface area contributed by atoms with Gasteiger partial charge in [0.1, 0.15) is 0 Å². The number of hydrogen-bond donors (Lipinski definition) is 1. The predicted octanol–water partition coefficient (Wildman–Crippen LogP) is 2.63. The summed E-state index contributed by atoms with van der Waals surface area (Å²) in [5, 5.41) is 2.86. The van der Waals surface area contributed by atoms with Gasteiger partial charge in [-0.05, 0) is 42.7 Å². The highest BCUT2D eigenvalue weighted by Crippen LogP contribution is 2.42. The van der Waals surface area contributed by atoms with E-state index in [1.165, 1.54) is 4.31 Å². The smallest absolute Gasteiger partial charge is 0.243 e. The van der Waals surface area contributed by atoms with Crippen molar-refractivity contribution in [2.24, 2.45) is 0 Å². The predicted molar refractivity (Wildman–Crippen MR) is 91.2 cm³/mol. The highest BCUT2D eigenvalue weighted by Gasteiger charge is 2.40. The van der Waals surface area contributed by atoms with E-state index < -0.39 is 16.1 Å². The van der Waals surface area contributed by atoms with E-state index >= 15 is 0 Å². The summed E-state index contributed by atoms with van der Waals surface area (Å²) in [4.78, 5) is 12.3. The van der Waals surface area contributed by atoms with Crippen molar-refractivity contribution >= 4 is 21.6 Å². The third-order valence-electron chi connectivity index (χ3n) is 4.76. The van der Waals surface area contributed by atoms with E-state index in [1.807, 2.05) is 25.1 Å². The maximum Gasteiger partial charge on any atom is 0.243 e. The molecule has 2 heterocycles. The van der Waals surface area contributed by atoms with Crippen LogP contribution in [0.4, 0.5) is 5.69 Å². The van der Waals surface area contributed by atoms with Gasteiger partial charge in [0.05, 0.1) is 10.9 Å². The maximum absolute atomic E-state index is 13.1. The number of anilines is 1. The lowest BCUT2D eigenvalue weighted by atomic mass is 9.88. The molecule has 4 rings (SSSR count). The van der Waals surface area contributed by atoms with Gasteiger partial charge in [-0.3, -0.25) is 4.79 Å². The number of nitrogens with one attached hydrogen (secondary N) is 1. The van der Waals surface area contributed by atoms with Crippen LogP contribution in [0.25, 0.3) is 0 Å². The average molecular weight is 342 g/mol. The Hall–Kier alpha value is -2.18. The Bertz CT molecular complexity index is 920. The fraction of sp³-hybridized carbons (Fsp3) is 0.278. The van der Waals surface area contributed by atoms with Crippen molar-refractivity contribution in [2.75, 3.05) is 11.9 Å². The largest absolute Gasteiger partial charge is 0.326 e. The Morgan fingerprint density at radius 3 is 2.62 bits per heavy atom. The summed E-state index contributed by atoms with van der Waals surface area (Å²) >= 11 is 0. The summed E-state index contributed by atoms with van der Waals surface area (Å²) in [6.07, 6.45) is 0.815. The fourth-order valence-electron chi connectivity index (χ4n) is 3.58. The standard InChI is InChI=1S/C18H18N2O3S/c1-12-5-7-14(8-6-12)24(22,23)20-10-9-13-3-2-4-15-18(13)16(20)11-17(21)19-15/h2-8,16H,9-11H2,1H3,(H,19,21). The highest BCUT2D eigenvalue weighted by atomic mass is 32.2. The quantitative estimate of drug-likeness (QED) is 0.912. The van der Waals surface area contributed by atoms with Crippen molar-refractivity contribution in [2.45, 2.75) is 30.7 Å². The molecule has 0 saturated heterocycles. The molecule has 5 nitrogen and oxygen atoms in total. The Morgan fingerprint density at radius 1 is 1.12 bits per heavy atom. The van der Waals surface area contributed by atoms with Gasteiger partial charge in [-0.15, -0.1) is 0 Å². The number of nitrogens with zero attached hydrogens (tertiary/aromatic N) is 1. The number of benzene rings is 2. The first-order valence-corrected chi connectivity index (χ1v) is 9.41. The van der Waals surface area contributed by atoms with Gasteiger partial charge in [0.2, 0.25) is 15.9 Å². The topological polar surface area (TPSA) is 66.5 Å². The lowest BCUT2D eigenvalue weighted by molar-refractivity contribution is -0.117. The Labute approximate surface area is 141 Å². The molecule has 6 heteroatoms. The van der Waals surface area contributed by atoms with Gasteiger partial charge in [0.15, 0.2) is 0 Å². The molecule has 0 aromatic heterocycles. The first kappa shape index (κ1) is 15.4.